The monoisotopic (exact) mass is 278 g/mol. The van der Waals surface area contributed by atoms with Gasteiger partial charge in [-0.3, -0.25) is 4.79 Å². The molecular weight excluding hydrogens is 262 g/mol. The van der Waals surface area contributed by atoms with E-state index < -0.39 is 11.4 Å². The zero-order chi connectivity index (χ0) is 14.9. The molecule has 105 valence electrons. The lowest BCUT2D eigenvalue weighted by atomic mass is 9.86. The minimum atomic E-state index is -1.05. The standard InChI is InChI=1S/C18H16NO2/c1-2-21-17(20)18(12-19)10-15-8-7-14(9-16(15)11-18)13-5-3-4-6-13/h3-9H,2,10-11H2,1H3. The molecule has 0 heterocycles. The molecule has 1 aromatic carbocycles. The number of benzene rings is 1. The first-order valence-corrected chi connectivity index (χ1v) is 7.11. The highest BCUT2D eigenvalue weighted by Crippen LogP contribution is 2.40. The van der Waals surface area contributed by atoms with Crippen molar-refractivity contribution in [2.24, 2.45) is 5.41 Å². The van der Waals surface area contributed by atoms with Crippen LogP contribution in [0.15, 0.2) is 18.2 Å². The average Bonchev–Trinajstić information content (AvgIpc) is 3.14. The topological polar surface area (TPSA) is 50.1 Å². The highest BCUT2D eigenvalue weighted by Gasteiger charge is 2.46. The number of ether oxygens (including phenoxy) is 1. The van der Waals surface area contributed by atoms with Gasteiger partial charge in [0.15, 0.2) is 5.41 Å². The normalized spacial score (nSPS) is 24.6. The van der Waals surface area contributed by atoms with E-state index in [4.69, 9.17) is 4.74 Å². The molecule has 3 rings (SSSR count). The quantitative estimate of drug-likeness (QED) is 0.799. The summed E-state index contributed by atoms with van der Waals surface area (Å²) in [5, 5.41) is 9.49. The molecule has 1 aromatic rings. The van der Waals surface area contributed by atoms with E-state index in [0.717, 1.165) is 22.6 Å². The van der Waals surface area contributed by atoms with Gasteiger partial charge < -0.3 is 4.74 Å². The van der Waals surface area contributed by atoms with Gasteiger partial charge in [0.05, 0.1) is 12.7 Å². The van der Waals surface area contributed by atoms with E-state index in [9.17, 15) is 10.1 Å². The van der Waals surface area contributed by atoms with E-state index in [0.29, 0.717) is 19.4 Å². The molecule has 0 spiro atoms. The van der Waals surface area contributed by atoms with Gasteiger partial charge in [-0.05, 0) is 49.3 Å². The van der Waals surface area contributed by atoms with E-state index in [1.807, 2.05) is 25.0 Å². The smallest absolute Gasteiger partial charge is 0.327 e. The summed E-state index contributed by atoms with van der Waals surface area (Å²) in [5.74, 6) is 0.752. The predicted molar refractivity (Wildman–Crippen MR) is 78.1 cm³/mol. The summed E-state index contributed by atoms with van der Waals surface area (Å²) in [5.41, 5.74) is 2.21. The number of hydrogen-bond acceptors (Lipinski definition) is 3. The summed E-state index contributed by atoms with van der Waals surface area (Å²) in [6.45, 7) is 2.07. The van der Waals surface area contributed by atoms with Crippen LogP contribution in [0.25, 0.3) is 0 Å². The third kappa shape index (κ3) is 2.44. The first-order chi connectivity index (χ1) is 10.2. The maximum Gasteiger partial charge on any atom is 0.327 e. The lowest BCUT2D eigenvalue weighted by Crippen LogP contribution is -2.32. The first kappa shape index (κ1) is 14.1. The molecule has 0 aliphatic heterocycles. The Morgan fingerprint density at radius 1 is 1.29 bits per heavy atom. The Labute approximate surface area is 125 Å². The number of fused-ring (bicyclic) bond motifs is 1. The minimum Gasteiger partial charge on any atom is -0.465 e. The van der Waals surface area contributed by atoms with Crippen molar-refractivity contribution in [2.45, 2.75) is 19.8 Å². The van der Waals surface area contributed by atoms with Gasteiger partial charge in [-0.1, -0.05) is 18.2 Å². The molecule has 3 nitrogen and oxygen atoms in total. The number of nitriles is 1. The molecule has 3 heteroatoms. The molecule has 0 bridgehead atoms. The van der Waals surface area contributed by atoms with Crippen molar-refractivity contribution in [2.75, 3.05) is 6.61 Å². The first-order valence-electron chi connectivity index (χ1n) is 7.11. The van der Waals surface area contributed by atoms with Gasteiger partial charge in [0, 0.05) is 18.8 Å². The second kappa shape index (κ2) is 5.52. The largest absolute Gasteiger partial charge is 0.465 e. The molecule has 0 N–H and O–H groups in total. The Morgan fingerprint density at radius 3 is 2.67 bits per heavy atom. The summed E-state index contributed by atoms with van der Waals surface area (Å²) >= 11 is 0. The van der Waals surface area contributed by atoms with Crippen molar-refractivity contribution in [3.8, 4) is 6.07 Å². The molecule has 2 aliphatic carbocycles. The van der Waals surface area contributed by atoms with Crippen LogP contribution in [-0.4, -0.2) is 12.6 Å². The number of nitrogens with zero attached hydrogens (tertiary/aromatic N) is 1. The summed E-state index contributed by atoms with van der Waals surface area (Å²) in [6.07, 6.45) is 8.99. The van der Waals surface area contributed by atoms with Crippen molar-refractivity contribution in [3.63, 3.8) is 0 Å². The van der Waals surface area contributed by atoms with Crippen molar-refractivity contribution >= 4 is 5.97 Å². The zero-order valence-electron chi connectivity index (χ0n) is 11.9. The van der Waals surface area contributed by atoms with Crippen LogP contribution in [0.3, 0.4) is 0 Å². The van der Waals surface area contributed by atoms with Crippen LogP contribution in [0.1, 0.15) is 23.6 Å². The van der Waals surface area contributed by atoms with Crippen LogP contribution < -0.4 is 0 Å². The van der Waals surface area contributed by atoms with Gasteiger partial charge in [-0.25, -0.2) is 0 Å². The average molecular weight is 278 g/mol. The SMILES string of the molecule is CCOC(=O)C1(C#N)Cc2ccc([C]3[CH][CH][CH][CH]3)cc2C1. The van der Waals surface area contributed by atoms with Gasteiger partial charge >= 0.3 is 5.97 Å². The Bertz CT molecular complexity index is 596. The van der Waals surface area contributed by atoms with Crippen molar-refractivity contribution in [3.05, 3.63) is 66.5 Å². The lowest BCUT2D eigenvalue weighted by molar-refractivity contribution is -0.151. The molecule has 1 saturated carbocycles. The molecule has 21 heavy (non-hydrogen) atoms. The highest BCUT2D eigenvalue weighted by atomic mass is 16.5. The Hall–Kier alpha value is -1.82. The maximum atomic E-state index is 12.1. The lowest BCUT2D eigenvalue weighted by Gasteiger charge is -2.17. The molecule has 2 aliphatic rings. The fraction of sp³-hybridized carbons (Fsp3) is 0.278. The van der Waals surface area contributed by atoms with Crippen LogP contribution in [-0.2, 0) is 22.4 Å². The summed E-state index contributed by atoms with van der Waals surface area (Å²) in [6, 6.07) is 8.35. The number of carbonyl (C=O) groups is 1. The van der Waals surface area contributed by atoms with E-state index in [2.05, 4.69) is 25.0 Å². The minimum absolute atomic E-state index is 0.303. The Morgan fingerprint density at radius 2 is 2.00 bits per heavy atom. The molecule has 0 aromatic heterocycles. The fourth-order valence-electron chi connectivity index (χ4n) is 2.96. The second-order valence-electron chi connectivity index (χ2n) is 5.42. The van der Waals surface area contributed by atoms with E-state index >= 15 is 0 Å². The second-order valence-corrected chi connectivity index (χ2v) is 5.42. The van der Waals surface area contributed by atoms with Crippen LogP contribution in [0.2, 0.25) is 0 Å². The maximum absolute atomic E-state index is 12.1. The van der Waals surface area contributed by atoms with Gasteiger partial charge in [-0.15, -0.1) is 0 Å². The van der Waals surface area contributed by atoms with Gasteiger partial charge in [0.25, 0.3) is 0 Å². The number of carbonyl (C=O) groups excluding carboxylic acids is 1. The third-order valence-corrected chi connectivity index (χ3v) is 4.07. The molecule has 1 fully saturated rings. The van der Waals surface area contributed by atoms with Gasteiger partial charge in [0.1, 0.15) is 0 Å². The van der Waals surface area contributed by atoms with Crippen LogP contribution in [0.4, 0.5) is 0 Å². The van der Waals surface area contributed by atoms with Crippen LogP contribution in [0.5, 0.6) is 0 Å². The summed E-state index contributed by atoms with van der Waals surface area (Å²) in [4.78, 5) is 12.1. The highest BCUT2D eigenvalue weighted by molar-refractivity contribution is 5.82. The molecule has 1 atom stereocenters. The van der Waals surface area contributed by atoms with Crippen molar-refractivity contribution in [1.29, 1.82) is 5.26 Å². The summed E-state index contributed by atoms with van der Waals surface area (Å²) < 4.78 is 5.09. The number of hydrogen-bond donors (Lipinski definition) is 0. The van der Waals surface area contributed by atoms with Crippen molar-refractivity contribution in [1.82, 2.24) is 0 Å². The number of rotatable bonds is 3. The van der Waals surface area contributed by atoms with E-state index in [1.165, 1.54) is 0 Å². The molecule has 0 amide bonds. The Kier molecular flexibility index (Phi) is 3.71. The third-order valence-electron chi connectivity index (χ3n) is 4.07. The summed E-state index contributed by atoms with van der Waals surface area (Å²) in [7, 11) is 0. The molecule has 5 radical (unpaired) electrons. The number of esters is 1. The zero-order valence-corrected chi connectivity index (χ0v) is 11.9. The molecule has 1 unspecified atom stereocenters. The van der Waals surface area contributed by atoms with E-state index in [1.54, 1.807) is 6.92 Å². The fourth-order valence-corrected chi connectivity index (χ4v) is 2.96. The van der Waals surface area contributed by atoms with Crippen LogP contribution in [0, 0.1) is 48.3 Å². The molecular formula is C18H16NO2. The molecule has 0 saturated heterocycles. The Balaban J connectivity index is 1.86. The van der Waals surface area contributed by atoms with Gasteiger partial charge in [-0.2, -0.15) is 5.26 Å². The predicted octanol–water partition coefficient (Wildman–Crippen LogP) is 2.61. The van der Waals surface area contributed by atoms with Crippen molar-refractivity contribution < 1.29 is 9.53 Å². The van der Waals surface area contributed by atoms with Gasteiger partial charge in [0.2, 0.25) is 0 Å². The van der Waals surface area contributed by atoms with Crippen LogP contribution >= 0.6 is 0 Å². The van der Waals surface area contributed by atoms with E-state index in [-0.39, 0.29) is 0 Å².